The van der Waals surface area contributed by atoms with Gasteiger partial charge in [0, 0.05) is 24.7 Å². The van der Waals surface area contributed by atoms with Gasteiger partial charge in [0.05, 0.1) is 0 Å². The molecule has 18 heavy (non-hydrogen) atoms. The summed E-state index contributed by atoms with van der Waals surface area (Å²) in [6, 6.07) is 9.51. The number of likely N-dealkylation sites (tertiary alicyclic amines) is 1. The van der Waals surface area contributed by atoms with Gasteiger partial charge in [-0.15, -0.1) is 0 Å². The molecular formula is C16H26N2. The van der Waals surface area contributed by atoms with Crippen LogP contribution in [0.1, 0.15) is 43.9 Å². The Hall–Kier alpha value is -0.860. The molecule has 0 amide bonds. The Balaban J connectivity index is 1.99. The molecule has 1 heterocycles. The van der Waals surface area contributed by atoms with Crippen molar-refractivity contribution in [2.45, 2.75) is 45.2 Å². The fourth-order valence-electron chi connectivity index (χ4n) is 2.71. The van der Waals surface area contributed by atoms with Gasteiger partial charge in [0.2, 0.25) is 0 Å². The normalized spacial score (nSPS) is 21.8. The molecule has 2 nitrogen and oxygen atoms in total. The predicted octanol–water partition coefficient (Wildman–Crippen LogP) is 3.13. The molecule has 1 aliphatic rings. The molecule has 1 fully saturated rings. The first-order chi connectivity index (χ1) is 8.54. The van der Waals surface area contributed by atoms with Gasteiger partial charge < -0.3 is 5.32 Å². The molecule has 0 bridgehead atoms. The molecule has 1 aromatic rings. The van der Waals surface area contributed by atoms with Crippen molar-refractivity contribution in [3.05, 3.63) is 35.4 Å². The molecule has 0 spiro atoms. The van der Waals surface area contributed by atoms with E-state index in [1.807, 2.05) is 0 Å². The maximum Gasteiger partial charge on any atom is 0.0319 e. The molecule has 1 atom stereocenters. The van der Waals surface area contributed by atoms with Crippen molar-refractivity contribution in [2.24, 2.45) is 0 Å². The molecule has 1 unspecified atom stereocenters. The number of hydrogen-bond acceptors (Lipinski definition) is 2. The van der Waals surface area contributed by atoms with Gasteiger partial charge in [0.1, 0.15) is 0 Å². The minimum atomic E-state index is 0.337. The van der Waals surface area contributed by atoms with E-state index >= 15 is 0 Å². The minimum Gasteiger partial charge on any atom is -0.314 e. The molecule has 1 aromatic carbocycles. The number of benzene rings is 1. The van der Waals surface area contributed by atoms with Crippen molar-refractivity contribution >= 4 is 0 Å². The Morgan fingerprint density at radius 2 is 1.72 bits per heavy atom. The summed E-state index contributed by atoms with van der Waals surface area (Å²) >= 11 is 0. The summed E-state index contributed by atoms with van der Waals surface area (Å²) in [6.45, 7) is 9.18. The van der Waals surface area contributed by atoms with Crippen LogP contribution in [0.5, 0.6) is 0 Å². The van der Waals surface area contributed by atoms with E-state index < -0.39 is 0 Å². The number of nitrogens with zero attached hydrogens (tertiary/aromatic N) is 1. The molecule has 1 N–H and O–H groups in total. The van der Waals surface area contributed by atoms with Gasteiger partial charge in [-0.1, -0.05) is 29.8 Å². The SMILES string of the molecule is CNC1(C)CCN(C(C)c2ccc(C)cc2)CC1. The highest BCUT2D eigenvalue weighted by molar-refractivity contribution is 5.23. The lowest BCUT2D eigenvalue weighted by Crippen LogP contribution is -2.50. The average molecular weight is 246 g/mol. The monoisotopic (exact) mass is 246 g/mol. The van der Waals surface area contributed by atoms with Crippen LogP contribution in [0.3, 0.4) is 0 Å². The lowest BCUT2D eigenvalue weighted by atomic mass is 9.88. The van der Waals surface area contributed by atoms with Gasteiger partial charge in [0.15, 0.2) is 0 Å². The molecular weight excluding hydrogens is 220 g/mol. The average Bonchev–Trinajstić information content (AvgIpc) is 2.40. The lowest BCUT2D eigenvalue weighted by Gasteiger charge is -2.42. The largest absolute Gasteiger partial charge is 0.314 e. The van der Waals surface area contributed by atoms with Crippen molar-refractivity contribution in [3.8, 4) is 0 Å². The minimum absolute atomic E-state index is 0.337. The summed E-state index contributed by atoms with van der Waals surface area (Å²) in [5.74, 6) is 0. The second kappa shape index (κ2) is 5.41. The van der Waals surface area contributed by atoms with Gasteiger partial charge in [-0.3, -0.25) is 4.90 Å². The van der Waals surface area contributed by atoms with Crippen molar-refractivity contribution in [3.63, 3.8) is 0 Å². The molecule has 0 saturated carbocycles. The van der Waals surface area contributed by atoms with Crippen LogP contribution in [-0.4, -0.2) is 30.6 Å². The molecule has 2 rings (SSSR count). The first-order valence-electron chi connectivity index (χ1n) is 7.04. The Kier molecular flexibility index (Phi) is 4.08. The van der Waals surface area contributed by atoms with Gasteiger partial charge in [-0.2, -0.15) is 0 Å². The van der Waals surface area contributed by atoms with E-state index in [9.17, 15) is 0 Å². The quantitative estimate of drug-likeness (QED) is 0.881. The summed E-state index contributed by atoms with van der Waals surface area (Å²) in [4.78, 5) is 2.60. The van der Waals surface area contributed by atoms with Crippen LogP contribution >= 0.6 is 0 Å². The van der Waals surface area contributed by atoms with E-state index in [-0.39, 0.29) is 0 Å². The maximum absolute atomic E-state index is 3.46. The second-order valence-corrected chi connectivity index (χ2v) is 5.93. The van der Waals surface area contributed by atoms with Crippen molar-refractivity contribution in [2.75, 3.05) is 20.1 Å². The zero-order valence-corrected chi connectivity index (χ0v) is 12.2. The summed E-state index contributed by atoms with van der Waals surface area (Å²) < 4.78 is 0. The summed E-state index contributed by atoms with van der Waals surface area (Å²) in [5.41, 5.74) is 3.12. The van der Waals surface area contributed by atoms with Gasteiger partial charge in [-0.25, -0.2) is 0 Å². The van der Waals surface area contributed by atoms with Gasteiger partial charge in [0.25, 0.3) is 0 Å². The molecule has 0 aromatic heterocycles. The van der Waals surface area contributed by atoms with E-state index in [4.69, 9.17) is 0 Å². The van der Waals surface area contributed by atoms with Gasteiger partial charge >= 0.3 is 0 Å². The number of nitrogens with one attached hydrogen (secondary N) is 1. The van der Waals surface area contributed by atoms with E-state index in [1.165, 1.54) is 37.1 Å². The highest BCUT2D eigenvalue weighted by Crippen LogP contribution is 2.28. The molecule has 100 valence electrons. The third-order valence-electron chi connectivity index (χ3n) is 4.61. The molecule has 0 aliphatic carbocycles. The van der Waals surface area contributed by atoms with Crippen LogP contribution in [0, 0.1) is 6.92 Å². The van der Waals surface area contributed by atoms with Gasteiger partial charge in [-0.05, 0) is 46.2 Å². The zero-order chi connectivity index (χ0) is 13.2. The topological polar surface area (TPSA) is 15.3 Å². The number of rotatable bonds is 3. The number of aryl methyl sites for hydroxylation is 1. The standard InChI is InChI=1S/C16H26N2/c1-13-5-7-15(8-6-13)14(2)18-11-9-16(3,17-4)10-12-18/h5-8,14,17H,9-12H2,1-4H3. The Bertz CT molecular complexity index is 375. The van der Waals surface area contributed by atoms with E-state index in [2.05, 4.69) is 62.3 Å². The summed E-state index contributed by atoms with van der Waals surface area (Å²) in [7, 11) is 2.08. The Morgan fingerprint density at radius 3 is 2.22 bits per heavy atom. The summed E-state index contributed by atoms with van der Waals surface area (Å²) in [6.07, 6.45) is 2.47. The fraction of sp³-hybridized carbons (Fsp3) is 0.625. The van der Waals surface area contributed by atoms with Crippen molar-refractivity contribution in [1.82, 2.24) is 10.2 Å². The maximum atomic E-state index is 3.46. The number of hydrogen-bond donors (Lipinski definition) is 1. The molecule has 0 radical (unpaired) electrons. The number of piperidine rings is 1. The molecule has 2 heteroatoms. The molecule has 1 aliphatic heterocycles. The van der Waals surface area contributed by atoms with E-state index in [0.29, 0.717) is 11.6 Å². The third-order valence-corrected chi connectivity index (χ3v) is 4.61. The van der Waals surface area contributed by atoms with Crippen molar-refractivity contribution in [1.29, 1.82) is 0 Å². The Labute approximate surface area is 111 Å². The predicted molar refractivity (Wildman–Crippen MR) is 77.9 cm³/mol. The van der Waals surface area contributed by atoms with Crippen LogP contribution in [0.2, 0.25) is 0 Å². The van der Waals surface area contributed by atoms with Crippen LogP contribution in [0.25, 0.3) is 0 Å². The zero-order valence-electron chi connectivity index (χ0n) is 12.2. The highest BCUT2D eigenvalue weighted by Gasteiger charge is 2.30. The third kappa shape index (κ3) is 2.93. The van der Waals surface area contributed by atoms with Crippen LogP contribution < -0.4 is 5.32 Å². The smallest absolute Gasteiger partial charge is 0.0319 e. The first-order valence-corrected chi connectivity index (χ1v) is 7.04. The fourth-order valence-corrected chi connectivity index (χ4v) is 2.71. The highest BCUT2D eigenvalue weighted by atomic mass is 15.2. The first kappa shape index (κ1) is 13.6. The van der Waals surface area contributed by atoms with Crippen LogP contribution in [0.15, 0.2) is 24.3 Å². The van der Waals surface area contributed by atoms with Crippen LogP contribution in [0.4, 0.5) is 0 Å². The summed E-state index contributed by atoms with van der Waals surface area (Å²) in [5, 5.41) is 3.46. The Morgan fingerprint density at radius 1 is 1.17 bits per heavy atom. The van der Waals surface area contributed by atoms with E-state index in [0.717, 1.165) is 0 Å². The van der Waals surface area contributed by atoms with Crippen molar-refractivity contribution < 1.29 is 0 Å². The van der Waals surface area contributed by atoms with E-state index in [1.54, 1.807) is 0 Å². The second-order valence-electron chi connectivity index (χ2n) is 5.93. The van der Waals surface area contributed by atoms with Crippen LogP contribution in [-0.2, 0) is 0 Å². The molecule has 1 saturated heterocycles. The lowest BCUT2D eigenvalue weighted by molar-refractivity contribution is 0.117.